The van der Waals surface area contributed by atoms with Gasteiger partial charge in [0.25, 0.3) is 0 Å². The minimum Gasteiger partial charge on any atom is -0.306 e. The number of rotatable bonds is 5. The quantitative estimate of drug-likeness (QED) is 0.829. The van der Waals surface area contributed by atoms with Gasteiger partial charge >= 0.3 is 0 Å². The molecule has 1 N–H and O–H groups in total. The second-order valence-corrected chi connectivity index (χ2v) is 4.82. The van der Waals surface area contributed by atoms with Crippen molar-refractivity contribution in [3.05, 3.63) is 70.7 Å². The third-order valence-electron chi connectivity index (χ3n) is 3.08. The summed E-state index contributed by atoms with van der Waals surface area (Å²) in [5, 5.41) is 4.36. The van der Waals surface area contributed by atoms with Crippen LogP contribution in [0.4, 0.5) is 0 Å². The first-order valence-electron chi connectivity index (χ1n) is 6.32. The number of hydrogen-bond acceptors (Lipinski definition) is 1. The Labute approximate surface area is 114 Å². The highest BCUT2D eigenvalue weighted by Gasteiger charge is 2.07. The fourth-order valence-electron chi connectivity index (χ4n) is 2.03. The van der Waals surface area contributed by atoms with E-state index in [0.29, 0.717) is 6.04 Å². The molecule has 0 heterocycles. The lowest BCUT2D eigenvalue weighted by atomic mass is 10.0. The fraction of sp³-hybridized carbons (Fsp3) is 0.250. The molecule has 0 aliphatic heterocycles. The lowest BCUT2D eigenvalue weighted by Gasteiger charge is -2.17. The molecule has 0 fully saturated rings. The van der Waals surface area contributed by atoms with Gasteiger partial charge in [-0.3, -0.25) is 0 Å². The predicted molar refractivity (Wildman–Crippen MR) is 77.8 cm³/mol. The van der Waals surface area contributed by atoms with Gasteiger partial charge in [-0.15, -0.1) is 0 Å². The minimum absolute atomic E-state index is 0.405. The SMILES string of the molecule is CCC(NCc1ccc(Cl)cc1)c1ccccc1. The Morgan fingerprint density at radius 1 is 1.00 bits per heavy atom. The zero-order chi connectivity index (χ0) is 12.8. The van der Waals surface area contributed by atoms with Gasteiger partial charge in [0.1, 0.15) is 0 Å². The van der Waals surface area contributed by atoms with E-state index in [1.807, 2.05) is 12.1 Å². The maximum atomic E-state index is 5.88. The Morgan fingerprint density at radius 2 is 1.67 bits per heavy atom. The molecular weight excluding hydrogens is 242 g/mol. The normalized spacial score (nSPS) is 12.3. The van der Waals surface area contributed by atoms with Crippen LogP contribution in [0.15, 0.2) is 54.6 Å². The van der Waals surface area contributed by atoms with Crippen molar-refractivity contribution in [3.8, 4) is 0 Å². The molecule has 18 heavy (non-hydrogen) atoms. The van der Waals surface area contributed by atoms with Crippen molar-refractivity contribution in [2.45, 2.75) is 25.9 Å². The van der Waals surface area contributed by atoms with E-state index in [-0.39, 0.29) is 0 Å². The molecule has 2 aromatic carbocycles. The van der Waals surface area contributed by atoms with E-state index in [2.05, 4.69) is 54.7 Å². The number of halogens is 1. The average Bonchev–Trinajstić information content (AvgIpc) is 2.43. The molecule has 0 radical (unpaired) electrons. The third-order valence-corrected chi connectivity index (χ3v) is 3.33. The maximum absolute atomic E-state index is 5.88. The Hall–Kier alpha value is -1.31. The molecule has 94 valence electrons. The van der Waals surface area contributed by atoms with Gasteiger partial charge in [0.05, 0.1) is 0 Å². The fourth-order valence-corrected chi connectivity index (χ4v) is 2.15. The summed E-state index contributed by atoms with van der Waals surface area (Å²) in [6, 6.07) is 19.0. The van der Waals surface area contributed by atoms with Crippen LogP contribution in [-0.2, 0) is 6.54 Å². The predicted octanol–water partition coefficient (Wildman–Crippen LogP) is 4.58. The minimum atomic E-state index is 0.405. The summed E-state index contributed by atoms with van der Waals surface area (Å²) in [6.07, 6.45) is 1.08. The zero-order valence-electron chi connectivity index (χ0n) is 10.6. The smallest absolute Gasteiger partial charge is 0.0406 e. The van der Waals surface area contributed by atoms with Crippen molar-refractivity contribution in [3.63, 3.8) is 0 Å². The van der Waals surface area contributed by atoms with E-state index in [0.717, 1.165) is 18.0 Å². The number of nitrogens with one attached hydrogen (secondary N) is 1. The average molecular weight is 260 g/mol. The van der Waals surface area contributed by atoms with Crippen LogP contribution in [0.1, 0.15) is 30.5 Å². The Morgan fingerprint density at radius 3 is 2.28 bits per heavy atom. The van der Waals surface area contributed by atoms with Crippen molar-refractivity contribution >= 4 is 11.6 Å². The van der Waals surface area contributed by atoms with Crippen LogP contribution in [0, 0.1) is 0 Å². The molecule has 2 heteroatoms. The first-order chi connectivity index (χ1) is 8.79. The topological polar surface area (TPSA) is 12.0 Å². The second kappa shape index (κ2) is 6.58. The highest BCUT2D eigenvalue weighted by Crippen LogP contribution is 2.17. The molecule has 0 saturated carbocycles. The molecule has 0 saturated heterocycles. The Kier molecular flexibility index (Phi) is 4.80. The standard InChI is InChI=1S/C16H18ClN/c1-2-16(14-6-4-3-5-7-14)18-12-13-8-10-15(17)11-9-13/h3-11,16,18H,2,12H2,1H3. The molecule has 1 atom stereocenters. The summed E-state index contributed by atoms with van der Waals surface area (Å²) in [5.74, 6) is 0. The molecule has 0 bridgehead atoms. The summed E-state index contributed by atoms with van der Waals surface area (Å²) in [7, 11) is 0. The van der Waals surface area contributed by atoms with E-state index in [4.69, 9.17) is 11.6 Å². The van der Waals surface area contributed by atoms with Crippen molar-refractivity contribution < 1.29 is 0 Å². The van der Waals surface area contributed by atoms with Crippen LogP contribution >= 0.6 is 11.6 Å². The summed E-state index contributed by atoms with van der Waals surface area (Å²) >= 11 is 5.88. The van der Waals surface area contributed by atoms with Gasteiger partial charge in [0, 0.05) is 17.6 Å². The van der Waals surface area contributed by atoms with Crippen molar-refractivity contribution in [2.75, 3.05) is 0 Å². The maximum Gasteiger partial charge on any atom is 0.0406 e. The summed E-state index contributed by atoms with van der Waals surface area (Å²) in [5.41, 5.74) is 2.60. The van der Waals surface area contributed by atoms with Gasteiger partial charge in [0.2, 0.25) is 0 Å². The largest absolute Gasteiger partial charge is 0.306 e. The monoisotopic (exact) mass is 259 g/mol. The number of hydrogen-bond donors (Lipinski definition) is 1. The molecule has 0 aliphatic rings. The molecule has 0 aromatic heterocycles. The van der Waals surface area contributed by atoms with Gasteiger partial charge in [-0.25, -0.2) is 0 Å². The van der Waals surface area contributed by atoms with E-state index in [1.165, 1.54) is 11.1 Å². The van der Waals surface area contributed by atoms with Crippen LogP contribution in [0.5, 0.6) is 0 Å². The molecular formula is C16H18ClN. The molecule has 2 aromatic rings. The first kappa shape index (κ1) is 13.1. The Balaban J connectivity index is 1.97. The van der Waals surface area contributed by atoms with E-state index < -0.39 is 0 Å². The van der Waals surface area contributed by atoms with Crippen LogP contribution < -0.4 is 5.32 Å². The van der Waals surface area contributed by atoms with Gasteiger partial charge in [-0.2, -0.15) is 0 Å². The van der Waals surface area contributed by atoms with Crippen LogP contribution in [0.25, 0.3) is 0 Å². The molecule has 0 spiro atoms. The van der Waals surface area contributed by atoms with Crippen LogP contribution in [0.3, 0.4) is 0 Å². The van der Waals surface area contributed by atoms with E-state index in [1.54, 1.807) is 0 Å². The summed E-state index contributed by atoms with van der Waals surface area (Å²) < 4.78 is 0. The van der Waals surface area contributed by atoms with Gasteiger partial charge in [0.15, 0.2) is 0 Å². The second-order valence-electron chi connectivity index (χ2n) is 4.38. The van der Waals surface area contributed by atoms with Crippen LogP contribution in [0.2, 0.25) is 5.02 Å². The Bertz CT molecular complexity index is 464. The highest BCUT2D eigenvalue weighted by atomic mass is 35.5. The lowest BCUT2D eigenvalue weighted by Crippen LogP contribution is -2.20. The molecule has 0 amide bonds. The van der Waals surface area contributed by atoms with E-state index >= 15 is 0 Å². The third kappa shape index (κ3) is 3.59. The summed E-state index contributed by atoms with van der Waals surface area (Å²) in [6.45, 7) is 3.07. The molecule has 2 rings (SSSR count). The van der Waals surface area contributed by atoms with Crippen molar-refractivity contribution in [1.29, 1.82) is 0 Å². The van der Waals surface area contributed by atoms with Gasteiger partial charge in [-0.05, 0) is 29.7 Å². The molecule has 1 nitrogen and oxygen atoms in total. The van der Waals surface area contributed by atoms with Gasteiger partial charge < -0.3 is 5.32 Å². The highest BCUT2D eigenvalue weighted by molar-refractivity contribution is 6.30. The molecule has 1 unspecified atom stereocenters. The van der Waals surface area contributed by atoms with Crippen LogP contribution in [-0.4, -0.2) is 0 Å². The van der Waals surface area contributed by atoms with E-state index in [9.17, 15) is 0 Å². The zero-order valence-corrected chi connectivity index (χ0v) is 11.3. The lowest BCUT2D eigenvalue weighted by molar-refractivity contribution is 0.519. The van der Waals surface area contributed by atoms with Crippen molar-refractivity contribution in [2.24, 2.45) is 0 Å². The summed E-state index contributed by atoms with van der Waals surface area (Å²) in [4.78, 5) is 0. The molecule has 0 aliphatic carbocycles. The first-order valence-corrected chi connectivity index (χ1v) is 6.70. The van der Waals surface area contributed by atoms with Gasteiger partial charge in [-0.1, -0.05) is 61.0 Å². The van der Waals surface area contributed by atoms with Crippen molar-refractivity contribution in [1.82, 2.24) is 5.32 Å². The number of benzene rings is 2.